The fourth-order valence-corrected chi connectivity index (χ4v) is 3.18. The summed E-state index contributed by atoms with van der Waals surface area (Å²) >= 11 is 0. The maximum absolute atomic E-state index is 12.9. The predicted molar refractivity (Wildman–Crippen MR) is 109 cm³/mol. The molecule has 0 saturated carbocycles. The minimum Gasteiger partial charge on any atom is -0.497 e. The number of amides is 1. The zero-order chi connectivity index (χ0) is 20.3. The van der Waals surface area contributed by atoms with E-state index in [0.717, 1.165) is 30.5 Å². The standard InChI is InChI=1S/C20H27N5O3/c1-14-21-18(23(2)3)13-19(22-14)24-6-8-25(9-7-24)20(26)15-10-16(27-4)12-17(11-15)28-5/h10-13H,6-9H2,1-5H3. The summed E-state index contributed by atoms with van der Waals surface area (Å²) in [6.07, 6.45) is 0. The maximum atomic E-state index is 12.9. The van der Waals surface area contributed by atoms with Crippen molar-refractivity contribution >= 4 is 17.5 Å². The molecular formula is C20H27N5O3. The van der Waals surface area contributed by atoms with Crippen LogP contribution in [0.4, 0.5) is 11.6 Å². The molecule has 8 heteroatoms. The van der Waals surface area contributed by atoms with Gasteiger partial charge >= 0.3 is 0 Å². The van der Waals surface area contributed by atoms with E-state index < -0.39 is 0 Å². The van der Waals surface area contributed by atoms with E-state index in [9.17, 15) is 4.79 Å². The van der Waals surface area contributed by atoms with Crippen molar-refractivity contribution in [2.75, 3.05) is 64.3 Å². The average Bonchev–Trinajstić information content (AvgIpc) is 2.72. The second-order valence-corrected chi connectivity index (χ2v) is 6.91. The summed E-state index contributed by atoms with van der Waals surface area (Å²) in [5.74, 6) is 3.70. The van der Waals surface area contributed by atoms with E-state index in [1.165, 1.54) is 0 Å². The van der Waals surface area contributed by atoms with Crippen LogP contribution < -0.4 is 19.3 Å². The molecular weight excluding hydrogens is 358 g/mol. The second kappa shape index (κ2) is 8.33. The van der Waals surface area contributed by atoms with E-state index in [-0.39, 0.29) is 5.91 Å². The average molecular weight is 385 g/mol. The summed E-state index contributed by atoms with van der Waals surface area (Å²) < 4.78 is 10.5. The predicted octanol–water partition coefficient (Wildman–Crippen LogP) is 1.83. The quantitative estimate of drug-likeness (QED) is 0.778. The van der Waals surface area contributed by atoms with Crippen LogP contribution in [-0.4, -0.2) is 75.3 Å². The van der Waals surface area contributed by atoms with Crippen LogP contribution in [0.3, 0.4) is 0 Å². The van der Waals surface area contributed by atoms with Crippen LogP contribution in [0.5, 0.6) is 11.5 Å². The lowest BCUT2D eigenvalue weighted by atomic mass is 10.1. The number of hydrogen-bond donors (Lipinski definition) is 0. The van der Waals surface area contributed by atoms with E-state index in [2.05, 4.69) is 14.9 Å². The van der Waals surface area contributed by atoms with Gasteiger partial charge in [0.1, 0.15) is 29.0 Å². The minimum absolute atomic E-state index is 0.0234. The van der Waals surface area contributed by atoms with Crippen LogP contribution in [0.25, 0.3) is 0 Å². The number of carbonyl (C=O) groups is 1. The molecule has 8 nitrogen and oxygen atoms in total. The van der Waals surface area contributed by atoms with Crippen molar-refractivity contribution < 1.29 is 14.3 Å². The molecule has 1 aliphatic heterocycles. The third kappa shape index (κ3) is 4.27. The van der Waals surface area contributed by atoms with Gasteiger partial charge in [0.05, 0.1) is 14.2 Å². The Labute approximate surface area is 165 Å². The summed E-state index contributed by atoms with van der Waals surface area (Å²) in [5.41, 5.74) is 0.567. The number of benzene rings is 1. The van der Waals surface area contributed by atoms with E-state index in [4.69, 9.17) is 9.47 Å². The van der Waals surface area contributed by atoms with Gasteiger partial charge in [-0.2, -0.15) is 0 Å². The van der Waals surface area contributed by atoms with Gasteiger partial charge in [-0.15, -0.1) is 0 Å². The summed E-state index contributed by atoms with van der Waals surface area (Å²) in [4.78, 5) is 28.0. The van der Waals surface area contributed by atoms with Gasteiger partial charge in [0.25, 0.3) is 5.91 Å². The highest BCUT2D eigenvalue weighted by Gasteiger charge is 2.24. The molecule has 0 spiro atoms. The van der Waals surface area contributed by atoms with E-state index >= 15 is 0 Å². The van der Waals surface area contributed by atoms with E-state index in [1.54, 1.807) is 32.4 Å². The number of methoxy groups -OCH3 is 2. The smallest absolute Gasteiger partial charge is 0.254 e. The number of rotatable bonds is 5. The maximum Gasteiger partial charge on any atom is 0.254 e. The van der Waals surface area contributed by atoms with Gasteiger partial charge in [-0.1, -0.05) is 0 Å². The molecule has 1 saturated heterocycles. The summed E-state index contributed by atoms with van der Waals surface area (Å²) in [5, 5.41) is 0. The molecule has 1 fully saturated rings. The number of aryl methyl sites for hydroxylation is 1. The fourth-order valence-electron chi connectivity index (χ4n) is 3.18. The highest BCUT2D eigenvalue weighted by molar-refractivity contribution is 5.95. The number of ether oxygens (including phenoxy) is 2. The van der Waals surface area contributed by atoms with E-state index in [1.807, 2.05) is 36.9 Å². The molecule has 2 aromatic rings. The lowest BCUT2D eigenvalue weighted by molar-refractivity contribution is 0.0745. The lowest BCUT2D eigenvalue weighted by Crippen LogP contribution is -2.49. The van der Waals surface area contributed by atoms with Crippen molar-refractivity contribution in [2.24, 2.45) is 0 Å². The molecule has 1 amide bonds. The summed E-state index contributed by atoms with van der Waals surface area (Å²) in [6.45, 7) is 4.58. The van der Waals surface area contributed by atoms with Crippen LogP contribution in [-0.2, 0) is 0 Å². The first-order valence-electron chi connectivity index (χ1n) is 9.21. The zero-order valence-electron chi connectivity index (χ0n) is 17.1. The molecule has 0 radical (unpaired) electrons. The third-order valence-corrected chi connectivity index (χ3v) is 4.76. The first-order chi connectivity index (χ1) is 13.4. The summed E-state index contributed by atoms with van der Waals surface area (Å²) in [6, 6.07) is 7.23. The van der Waals surface area contributed by atoms with Crippen molar-refractivity contribution in [3.05, 3.63) is 35.7 Å². The Morgan fingerprint density at radius 2 is 1.57 bits per heavy atom. The van der Waals surface area contributed by atoms with Crippen LogP contribution in [0.1, 0.15) is 16.2 Å². The molecule has 3 rings (SSSR count). The minimum atomic E-state index is -0.0234. The molecule has 2 heterocycles. The monoisotopic (exact) mass is 385 g/mol. The number of aromatic nitrogens is 2. The Morgan fingerprint density at radius 3 is 2.11 bits per heavy atom. The molecule has 0 aliphatic carbocycles. The van der Waals surface area contributed by atoms with Gasteiger partial charge in [0.15, 0.2) is 0 Å². The van der Waals surface area contributed by atoms with Crippen molar-refractivity contribution in [2.45, 2.75) is 6.92 Å². The number of piperazine rings is 1. The number of nitrogens with zero attached hydrogens (tertiary/aromatic N) is 5. The number of carbonyl (C=O) groups excluding carboxylic acids is 1. The van der Waals surface area contributed by atoms with Gasteiger partial charge < -0.3 is 24.2 Å². The Kier molecular flexibility index (Phi) is 5.87. The first-order valence-corrected chi connectivity index (χ1v) is 9.21. The van der Waals surface area contributed by atoms with Crippen LogP contribution in [0, 0.1) is 6.92 Å². The Balaban J connectivity index is 1.71. The van der Waals surface area contributed by atoms with Crippen molar-refractivity contribution in [1.82, 2.24) is 14.9 Å². The Morgan fingerprint density at radius 1 is 0.964 bits per heavy atom. The molecule has 1 aromatic carbocycles. The van der Waals surface area contributed by atoms with Crippen molar-refractivity contribution in [3.8, 4) is 11.5 Å². The topological polar surface area (TPSA) is 71.0 Å². The Bertz CT molecular complexity index is 825. The normalized spacial score (nSPS) is 14.0. The molecule has 1 aliphatic rings. The zero-order valence-corrected chi connectivity index (χ0v) is 17.1. The van der Waals surface area contributed by atoms with E-state index in [0.29, 0.717) is 30.2 Å². The molecule has 0 atom stereocenters. The van der Waals surface area contributed by atoms with Gasteiger partial charge in [-0.05, 0) is 19.1 Å². The van der Waals surface area contributed by atoms with Gasteiger partial charge in [0, 0.05) is 58.0 Å². The lowest BCUT2D eigenvalue weighted by Gasteiger charge is -2.35. The molecule has 0 N–H and O–H groups in total. The number of anilines is 2. The van der Waals surface area contributed by atoms with Crippen LogP contribution in [0.15, 0.2) is 24.3 Å². The first kappa shape index (κ1) is 19.7. The Hall–Kier alpha value is -3.03. The largest absolute Gasteiger partial charge is 0.497 e. The van der Waals surface area contributed by atoms with Crippen LogP contribution >= 0.6 is 0 Å². The highest BCUT2D eigenvalue weighted by Crippen LogP contribution is 2.24. The molecule has 1 aromatic heterocycles. The molecule has 0 bridgehead atoms. The third-order valence-electron chi connectivity index (χ3n) is 4.76. The molecule has 28 heavy (non-hydrogen) atoms. The number of hydrogen-bond acceptors (Lipinski definition) is 7. The van der Waals surface area contributed by atoms with Gasteiger partial charge in [-0.3, -0.25) is 4.79 Å². The van der Waals surface area contributed by atoms with Gasteiger partial charge in [-0.25, -0.2) is 9.97 Å². The van der Waals surface area contributed by atoms with Crippen molar-refractivity contribution in [1.29, 1.82) is 0 Å². The van der Waals surface area contributed by atoms with Crippen LogP contribution in [0.2, 0.25) is 0 Å². The fraction of sp³-hybridized carbons (Fsp3) is 0.450. The molecule has 150 valence electrons. The van der Waals surface area contributed by atoms with Crippen molar-refractivity contribution in [3.63, 3.8) is 0 Å². The SMILES string of the molecule is COc1cc(OC)cc(C(=O)N2CCN(c3cc(N(C)C)nc(C)n3)CC2)c1. The highest BCUT2D eigenvalue weighted by atomic mass is 16.5. The van der Waals surface area contributed by atoms with Gasteiger partial charge in [0.2, 0.25) is 0 Å². The second-order valence-electron chi connectivity index (χ2n) is 6.91. The molecule has 0 unspecified atom stereocenters. The summed E-state index contributed by atoms with van der Waals surface area (Å²) in [7, 11) is 7.08.